The Morgan fingerprint density at radius 3 is 1.97 bits per heavy atom. The number of benzene rings is 3. The number of anilines is 2. The van der Waals surface area contributed by atoms with Crippen molar-refractivity contribution in [1.82, 2.24) is 15.0 Å². The van der Waals surface area contributed by atoms with E-state index in [4.69, 9.17) is 21.6 Å². The van der Waals surface area contributed by atoms with E-state index in [0.717, 1.165) is 22.4 Å². The van der Waals surface area contributed by atoms with Crippen LogP contribution >= 0.6 is 11.6 Å². The second kappa shape index (κ2) is 9.88. The lowest BCUT2D eigenvalue weighted by Crippen LogP contribution is -2.39. The highest BCUT2D eigenvalue weighted by Crippen LogP contribution is 2.42. The predicted molar refractivity (Wildman–Crippen MR) is 144 cm³/mol. The lowest BCUT2D eigenvalue weighted by molar-refractivity contribution is 0.526. The summed E-state index contributed by atoms with van der Waals surface area (Å²) in [5.74, 6) is 0.135. The quantitative estimate of drug-likeness (QED) is 0.224. The van der Waals surface area contributed by atoms with Gasteiger partial charge in [-0.2, -0.15) is 4.98 Å². The number of halogens is 2. The standard InChI is InChI=1S/C30H24ClFN4/c1-30(2,23-9-5-3-6-10-23)36(25-11-7-4-8-12-25)29-34-27(22-17-19-33-20-18-22)26(28(31)35-29)21-13-15-24(32)16-14-21/h3-20H,1-2H3. The van der Waals surface area contributed by atoms with Gasteiger partial charge in [0.25, 0.3) is 0 Å². The Morgan fingerprint density at radius 2 is 1.33 bits per heavy atom. The minimum absolute atomic E-state index is 0.281. The SMILES string of the molecule is CC(C)(c1ccccc1)N(c1ccccc1)c1nc(Cl)c(-c2ccc(F)cc2)c(-c2ccncc2)n1. The van der Waals surface area contributed by atoms with Crippen LogP contribution in [0.5, 0.6) is 0 Å². The van der Waals surface area contributed by atoms with Crippen LogP contribution in [0.3, 0.4) is 0 Å². The third-order valence-corrected chi connectivity index (χ3v) is 6.47. The van der Waals surface area contributed by atoms with Gasteiger partial charge in [-0.3, -0.25) is 4.98 Å². The van der Waals surface area contributed by atoms with Gasteiger partial charge in [0, 0.05) is 29.2 Å². The molecular formula is C30H24ClFN4. The third-order valence-electron chi connectivity index (χ3n) is 6.19. The van der Waals surface area contributed by atoms with Gasteiger partial charge in [-0.05, 0) is 61.4 Å². The molecule has 178 valence electrons. The van der Waals surface area contributed by atoms with E-state index in [1.807, 2.05) is 60.7 Å². The Labute approximate surface area is 215 Å². The van der Waals surface area contributed by atoms with E-state index in [-0.39, 0.29) is 11.0 Å². The molecule has 0 aliphatic rings. The Balaban J connectivity index is 1.77. The molecule has 2 heterocycles. The van der Waals surface area contributed by atoms with Gasteiger partial charge in [0.1, 0.15) is 11.0 Å². The summed E-state index contributed by atoms with van der Waals surface area (Å²) in [6, 6.07) is 30.2. The van der Waals surface area contributed by atoms with Gasteiger partial charge in [-0.15, -0.1) is 0 Å². The van der Waals surface area contributed by atoms with Gasteiger partial charge in [-0.25, -0.2) is 9.37 Å². The highest BCUT2D eigenvalue weighted by atomic mass is 35.5. The van der Waals surface area contributed by atoms with Crippen molar-refractivity contribution in [1.29, 1.82) is 0 Å². The van der Waals surface area contributed by atoms with Gasteiger partial charge in [0.05, 0.1) is 11.2 Å². The zero-order chi connectivity index (χ0) is 25.1. The number of aromatic nitrogens is 3. The van der Waals surface area contributed by atoms with Crippen LogP contribution in [-0.2, 0) is 5.54 Å². The summed E-state index contributed by atoms with van der Waals surface area (Å²) in [6.45, 7) is 4.26. The maximum Gasteiger partial charge on any atom is 0.232 e. The smallest absolute Gasteiger partial charge is 0.232 e. The minimum atomic E-state index is -0.515. The number of nitrogens with zero attached hydrogens (tertiary/aromatic N) is 4. The number of hydrogen-bond acceptors (Lipinski definition) is 4. The van der Waals surface area contributed by atoms with E-state index in [2.05, 4.69) is 35.9 Å². The average Bonchev–Trinajstić information content (AvgIpc) is 2.91. The van der Waals surface area contributed by atoms with Crippen LogP contribution in [0, 0.1) is 5.82 Å². The molecule has 5 aromatic rings. The molecular weight excluding hydrogens is 471 g/mol. The summed E-state index contributed by atoms with van der Waals surface area (Å²) in [5.41, 5.74) is 4.35. The Morgan fingerprint density at radius 1 is 0.722 bits per heavy atom. The molecule has 0 N–H and O–H groups in total. The van der Waals surface area contributed by atoms with Gasteiger partial charge in [0.2, 0.25) is 5.95 Å². The number of pyridine rings is 1. The van der Waals surface area contributed by atoms with Crippen molar-refractivity contribution in [2.24, 2.45) is 0 Å². The summed E-state index contributed by atoms with van der Waals surface area (Å²) in [7, 11) is 0. The molecule has 0 saturated heterocycles. The van der Waals surface area contributed by atoms with Crippen LogP contribution in [0.1, 0.15) is 19.4 Å². The first-order valence-electron chi connectivity index (χ1n) is 11.6. The topological polar surface area (TPSA) is 41.9 Å². The fourth-order valence-corrected chi connectivity index (χ4v) is 4.63. The molecule has 5 rings (SSSR count). The van der Waals surface area contributed by atoms with Crippen molar-refractivity contribution in [2.45, 2.75) is 19.4 Å². The zero-order valence-corrected chi connectivity index (χ0v) is 20.7. The third kappa shape index (κ3) is 4.58. The molecule has 0 aliphatic carbocycles. The van der Waals surface area contributed by atoms with Crippen molar-refractivity contribution in [2.75, 3.05) is 4.90 Å². The van der Waals surface area contributed by atoms with Gasteiger partial charge >= 0.3 is 0 Å². The minimum Gasteiger partial charge on any atom is -0.301 e. The Kier molecular flexibility index (Phi) is 6.49. The van der Waals surface area contributed by atoms with E-state index in [1.165, 1.54) is 12.1 Å². The molecule has 0 fully saturated rings. The predicted octanol–water partition coefficient (Wildman–Crippen LogP) is 8.07. The number of para-hydroxylation sites is 1. The van der Waals surface area contributed by atoms with Crippen molar-refractivity contribution < 1.29 is 4.39 Å². The van der Waals surface area contributed by atoms with E-state index < -0.39 is 5.54 Å². The lowest BCUT2D eigenvalue weighted by Gasteiger charge is -2.39. The van der Waals surface area contributed by atoms with E-state index in [0.29, 0.717) is 17.2 Å². The summed E-state index contributed by atoms with van der Waals surface area (Å²) in [4.78, 5) is 16.1. The summed E-state index contributed by atoms with van der Waals surface area (Å²) in [5, 5.41) is 0.281. The molecule has 0 saturated carbocycles. The molecule has 6 heteroatoms. The second-order valence-corrected chi connectivity index (χ2v) is 9.23. The maximum atomic E-state index is 13.7. The monoisotopic (exact) mass is 494 g/mol. The first-order chi connectivity index (χ1) is 17.4. The zero-order valence-electron chi connectivity index (χ0n) is 19.9. The molecule has 3 aromatic carbocycles. The lowest BCUT2D eigenvalue weighted by atomic mass is 9.91. The number of rotatable bonds is 6. The summed E-state index contributed by atoms with van der Waals surface area (Å²) in [6.07, 6.45) is 3.42. The van der Waals surface area contributed by atoms with Crippen molar-refractivity contribution in [3.63, 3.8) is 0 Å². The molecule has 0 amide bonds. The Hall–Kier alpha value is -4.09. The largest absolute Gasteiger partial charge is 0.301 e. The molecule has 0 unspecified atom stereocenters. The number of hydrogen-bond donors (Lipinski definition) is 0. The van der Waals surface area contributed by atoms with Gasteiger partial charge in [-0.1, -0.05) is 72.3 Å². The van der Waals surface area contributed by atoms with E-state index in [9.17, 15) is 4.39 Å². The molecule has 2 aromatic heterocycles. The molecule has 0 spiro atoms. The van der Waals surface area contributed by atoms with E-state index >= 15 is 0 Å². The maximum absolute atomic E-state index is 13.7. The molecule has 0 radical (unpaired) electrons. The second-order valence-electron chi connectivity index (χ2n) is 8.88. The molecule has 36 heavy (non-hydrogen) atoms. The van der Waals surface area contributed by atoms with Crippen LogP contribution in [0.4, 0.5) is 16.0 Å². The first kappa shape index (κ1) is 23.6. The molecule has 0 atom stereocenters. The summed E-state index contributed by atoms with van der Waals surface area (Å²) >= 11 is 6.90. The molecule has 0 bridgehead atoms. The normalized spacial score (nSPS) is 11.3. The summed E-state index contributed by atoms with van der Waals surface area (Å²) < 4.78 is 13.7. The highest BCUT2D eigenvalue weighted by Gasteiger charge is 2.33. The van der Waals surface area contributed by atoms with Crippen molar-refractivity contribution >= 4 is 23.2 Å². The van der Waals surface area contributed by atoms with Gasteiger partial charge < -0.3 is 4.90 Å². The highest BCUT2D eigenvalue weighted by molar-refractivity contribution is 6.33. The molecule has 0 aliphatic heterocycles. The van der Waals surface area contributed by atoms with Crippen molar-refractivity contribution in [3.05, 3.63) is 126 Å². The van der Waals surface area contributed by atoms with E-state index in [1.54, 1.807) is 24.5 Å². The van der Waals surface area contributed by atoms with Crippen LogP contribution in [-0.4, -0.2) is 15.0 Å². The average molecular weight is 495 g/mol. The van der Waals surface area contributed by atoms with Crippen LogP contribution in [0.2, 0.25) is 5.15 Å². The first-order valence-corrected chi connectivity index (χ1v) is 12.0. The Bertz CT molecular complexity index is 1460. The van der Waals surface area contributed by atoms with Gasteiger partial charge in [0.15, 0.2) is 0 Å². The van der Waals surface area contributed by atoms with Crippen molar-refractivity contribution in [3.8, 4) is 22.4 Å². The van der Waals surface area contributed by atoms with Crippen LogP contribution in [0.15, 0.2) is 109 Å². The molecule has 4 nitrogen and oxygen atoms in total. The van der Waals surface area contributed by atoms with Crippen LogP contribution in [0.25, 0.3) is 22.4 Å². The van der Waals surface area contributed by atoms with Crippen LogP contribution < -0.4 is 4.90 Å². The fraction of sp³-hybridized carbons (Fsp3) is 0.100. The fourth-order valence-electron chi connectivity index (χ4n) is 4.35.